The topological polar surface area (TPSA) is 113 Å². The molecule has 162 valence electrons. The minimum atomic E-state index is -0.408. The highest BCUT2D eigenvalue weighted by Gasteiger charge is 2.19. The van der Waals surface area contributed by atoms with E-state index >= 15 is 0 Å². The number of nitro groups is 1. The van der Waals surface area contributed by atoms with Gasteiger partial charge >= 0.3 is 0 Å². The van der Waals surface area contributed by atoms with Gasteiger partial charge in [0.15, 0.2) is 5.76 Å². The summed E-state index contributed by atoms with van der Waals surface area (Å²) in [5.41, 5.74) is 0.959. The van der Waals surface area contributed by atoms with Gasteiger partial charge in [-0.15, -0.1) is 0 Å². The van der Waals surface area contributed by atoms with Crippen LogP contribution in [0.4, 0.5) is 11.6 Å². The number of hydrogen-bond acceptors (Lipinski definition) is 9. The van der Waals surface area contributed by atoms with Crippen LogP contribution in [0.2, 0.25) is 0 Å². The number of rotatable bonds is 9. The smallest absolute Gasteiger partial charge is 0.278 e. The molecule has 4 rings (SSSR count). The highest BCUT2D eigenvalue weighted by Crippen LogP contribution is 2.28. The molecule has 0 aliphatic carbocycles. The first-order valence-electron chi connectivity index (χ1n) is 10.3. The van der Waals surface area contributed by atoms with Gasteiger partial charge in [0, 0.05) is 50.7 Å². The van der Waals surface area contributed by atoms with Crippen molar-refractivity contribution in [3.8, 4) is 11.3 Å². The van der Waals surface area contributed by atoms with Crippen molar-refractivity contribution in [1.82, 2.24) is 25.3 Å². The molecule has 0 radical (unpaired) electrons. The SMILES string of the molecule is O=[N+]([O-])c1ccccc1-c1cc(CNCCCN2CCN(c3ncccn3)CC2)on1. The van der Waals surface area contributed by atoms with Crippen LogP contribution in [0.15, 0.2) is 53.3 Å². The average molecular weight is 423 g/mol. The quantitative estimate of drug-likeness (QED) is 0.315. The van der Waals surface area contributed by atoms with E-state index in [0.717, 1.165) is 51.6 Å². The zero-order valence-corrected chi connectivity index (χ0v) is 17.2. The molecule has 3 aromatic rings. The van der Waals surface area contributed by atoms with Gasteiger partial charge < -0.3 is 14.7 Å². The Kier molecular flexibility index (Phi) is 6.80. The number of aromatic nitrogens is 3. The number of piperazine rings is 1. The second kappa shape index (κ2) is 10.1. The van der Waals surface area contributed by atoms with Crippen LogP contribution in [0.25, 0.3) is 11.3 Å². The highest BCUT2D eigenvalue weighted by molar-refractivity contribution is 5.70. The lowest BCUT2D eigenvalue weighted by molar-refractivity contribution is -0.384. The predicted octanol–water partition coefficient (Wildman–Crippen LogP) is 2.34. The fourth-order valence-corrected chi connectivity index (χ4v) is 3.64. The first-order valence-corrected chi connectivity index (χ1v) is 10.3. The molecule has 1 aromatic carbocycles. The normalized spacial score (nSPS) is 14.6. The molecule has 0 atom stereocenters. The summed E-state index contributed by atoms with van der Waals surface area (Å²) >= 11 is 0. The van der Waals surface area contributed by atoms with Gasteiger partial charge in [-0.1, -0.05) is 17.3 Å². The van der Waals surface area contributed by atoms with Gasteiger partial charge in [0.2, 0.25) is 5.95 Å². The molecule has 31 heavy (non-hydrogen) atoms. The van der Waals surface area contributed by atoms with Crippen LogP contribution in [-0.2, 0) is 6.54 Å². The maximum Gasteiger partial charge on any atom is 0.278 e. The van der Waals surface area contributed by atoms with Gasteiger partial charge in [0.05, 0.1) is 17.0 Å². The van der Waals surface area contributed by atoms with Crippen molar-refractivity contribution in [3.63, 3.8) is 0 Å². The predicted molar refractivity (Wildman–Crippen MR) is 116 cm³/mol. The third-order valence-corrected chi connectivity index (χ3v) is 5.27. The molecular formula is C21H25N7O3. The van der Waals surface area contributed by atoms with Crippen LogP contribution in [0.1, 0.15) is 12.2 Å². The lowest BCUT2D eigenvalue weighted by atomic mass is 10.1. The molecule has 1 saturated heterocycles. The van der Waals surface area contributed by atoms with Gasteiger partial charge in [-0.3, -0.25) is 15.0 Å². The largest absolute Gasteiger partial charge is 0.359 e. The van der Waals surface area contributed by atoms with Crippen molar-refractivity contribution >= 4 is 11.6 Å². The molecule has 0 unspecified atom stereocenters. The molecule has 2 aromatic heterocycles. The summed E-state index contributed by atoms with van der Waals surface area (Å²) < 4.78 is 5.34. The second-order valence-electron chi connectivity index (χ2n) is 7.36. The molecule has 10 nitrogen and oxygen atoms in total. The van der Waals surface area contributed by atoms with Gasteiger partial charge in [-0.25, -0.2) is 9.97 Å². The highest BCUT2D eigenvalue weighted by atomic mass is 16.6. The van der Waals surface area contributed by atoms with Crippen molar-refractivity contribution in [3.05, 3.63) is 64.7 Å². The van der Waals surface area contributed by atoms with E-state index in [0.29, 0.717) is 23.6 Å². The van der Waals surface area contributed by atoms with E-state index in [2.05, 4.69) is 30.2 Å². The van der Waals surface area contributed by atoms with Crippen LogP contribution in [-0.4, -0.2) is 64.2 Å². The lowest BCUT2D eigenvalue weighted by Gasteiger charge is -2.34. The maximum absolute atomic E-state index is 11.2. The molecule has 10 heteroatoms. The van der Waals surface area contributed by atoms with Crippen molar-refractivity contribution in [2.45, 2.75) is 13.0 Å². The Morgan fingerprint density at radius 1 is 1.10 bits per heavy atom. The maximum atomic E-state index is 11.2. The van der Waals surface area contributed by atoms with Crippen LogP contribution in [0.3, 0.4) is 0 Å². The molecule has 1 fully saturated rings. The first-order chi connectivity index (χ1) is 15.2. The Hall–Kier alpha value is -3.37. The summed E-state index contributed by atoms with van der Waals surface area (Å²) in [7, 11) is 0. The van der Waals surface area contributed by atoms with Crippen LogP contribution >= 0.6 is 0 Å². The Morgan fingerprint density at radius 3 is 2.65 bits per heavy atom. The molecule has 0 bridgehead atoms. The minimum Gasteiger partial charge on any atom is -0.359 e. The molecule has 3 heterocycles. The van der Waals surface area contributed by atoms with Gasteiger partial charge in [0.25, 0.3) is 5.69 Å². The number of para-hydroxylation sites is 1. The number of anilines is 1. The number of hydrogen-bond donors (Lipinski definition) is 1. The second-order valence-corrected chi connectivity index (χ2v) is 7.36. The summed E-state index contributed by atoms with van der Waals surface area (Å²) in [5.74, 6) is 1.46. The minimum absolute atomic E-state index is 0.0224. The third kappa shape index (κ3) is 5.41. The summed E-state index contributed by atoms with van der Waals surface area (Å²) in [6.07, 6.45) is 4.57. The van der Waals surface area contributed by atoms with Crippen LogP contribution in [0, 0.1) is 10.1 Å². The van der Waals surface area contributed by atoms with Gasteiger partial charge in [-0.05, 0) is 31.6 Å². The monoisotopic (exact) mass is 423 g/mol. The standard InChI is InChI=1S/C21H25N7O3/c29-28(30)20-6-2-1-5-18(20)19-15-17(31-25-19)16-22-7-4-10-26-11-13-27(14-12-26)21-23-8-3-9-24-21/h1-3,5-6,8-9,15,22H,4,7,10-14,16H2. The van der Waals surface area contributed by atoms with Crippen molar-refractivity contribution in [2.75, 3.05) is 44.2 Å². The van der Waals surface area contributed by atoms with Crippen molar-refractivity contribution in [2.24, 2.45) is 0 Å². The van der Waals surface area contributed by atoms with Gasteiger partial charge in [-0.2, -0.15) is 0 Å². The van der Waals surface area contributed by atoms with Crippen molar-refractivity contribution < 1.29 is 9.45 Å². The van der Waals surface area contributed by atoms with E-state index < -0.39 is 4.92 Å². The van der Waals surface area contributed by atoms with E-state index in [1.54, 1.807) is 36.7 Å². The summed E-state index contributed by atoms with van der Waals surface area (Å²) in [4.78, 5) is 24.1. The fourth-order valence-electron chi connectivity index (χ4n) is 3.64. The van der Waals surface area contributed by atoms with E-state index in [1.807, 2.05) is 6.07 Å². The fraction of sp³-hybridized carbons (Fsp3) is 0.381. The Balaban J connectivity index is 1.17. The lowest BCUT2D eigenvalue weighted by Crippen LogP contribution is -2.47. The average Bonchev–Trinajstić information content (AvgIpc) is 3.29. The molecule has 0 saturated carbocycles. The van der Waals surface area contributed by atoms with E-state index in [1.165, 1.54) is 6.07 Å². The number of nitrogens with one attached hydrogen (secondary N) is 1. The Morgan fingerprint density at radius 2 is 1.87 bits per heavy atom. The zero-order chi connectivity index (χ0) is 21.5. The molecule has 1 aliphatic heterocycles. The molecule has 1 aliphatic rings. The molecular weight excluding hydrogens is 398 g/mol. The van der Waals surface area contributed by atoms with E-state index in [9.17, 15) is 10.1 Å². The Labute approximate surface area is 180 Å². The zero-order valence-electron chi connectivity index (χ0n) is 17.2. The third-order valence-electron chi connectivity index (χ3n) is 5.27. The summed E-state index contributed by atoms with van der Waals surface area (Å²) in [6, 6.07) is 10.1. The number of nitrogens with zero attached hydrogens (tertiary/aromatic N) is 6. The summed E-state index contributed by atoms with van der Waals surface area (Å²) in [5, 5.41) is 18.5. The van der Waals surface area contributed by atoms with Crippen molar-refractivity contribution in [1.29, 1.82) is 0 Å². The van der Waals surface area contributed by atoms with Crippen LogP contribution in [0.5, 0.6) is 0 Å². The first kappa shape index (κ1) is 20.9. The van der Waals surface area contributed by atoms with Crippen LogP contribution < -0.4 is 10.2 Å². The molecule has 0 amide bonds. The Bertz CT molecular complexity index is 987. The molecule has 1 N–H and O–H groups in total. The number of benzene rings is 1. The van der Waals surface area contributed by atoms with Gasteiger partial charge in [0.1, 0.15) is 5.69 Å². The molecule has 0 spiro atoms. The van der Waals surface area contributed by atoms with E-state index in [4.69, 9.17) is 4.52 Å². The summed E-state index contributed by atoms with van der Waals surface area (Å²) in [6.45, 7) is 6.28. The van der Waals surface area contributed by atoms with E-state index in [-0.39, 0.29) is 5.69 Å². The number of nitro benzene ring substituents is 1.